The van der Waals surface area contributed by atoms with Crippen LogP contribution < -0.4 is 0 Å². The van der Waals surface area contributed by atoms with E-state index >= 15 is 0 Å². The van der Waals surface area contributed by atoms with E-state index in [9.17, 15) is 31.1 Å². The second kappa shape index (κ2) is 8.81. The number of ketones is 1. The van der Waals surface area contributed by atoms with E-state index in [1.165, 1.54) is 0 Å². The third kappa shape index (κ3) is 5.50. The van der Waals surface area contributed by atoms with Gasteiger partial charge in [-0.2, -0.15) is 13.2 Å². The molecule has 0 spiro atoms. The number of Topliss-reactive ketones (excluding diaryl/α,β-unsaturated/α-hetero) is 1. The molecular formula is C20H13Cl3F6O. The molecule has 1 unspecified atom stereocenters. The van der Waals surface area contributed by atoms with E-state index in [-0.39, 0.29) is 26.7 Å². The normalized spacial score (nSPS) is 14.0. The van der Waals surface area contributed by atoms with Crippen molar-refractivity contribution in [1.29, 1.82) is 0 Å². The van der Waals surface area contributed by atoms with E-state index < -0.39 is 46.3 Å². The fraction of sp³-hybridized carbons (Fsp3) is 0.250. The van der Waals surface area contributed by atoms with Crippen LogP contribution in [-0.2, 0) is 5.92 Å². The minimum absolute atomic E-state index is 0.165. The number of benzene rings is 2. The van der Waals surface area contributed by atoms with Gasteiger partial charge >= 0.3 is 6.18 Å². The van der Waals surface area contributed by atoms with Crippen LogP contribution in [0.15, 0.2) is 36.4 Å². The number of hydrogen-bond acceptors (Lipinski definition) is 1. The van der Waals surface area contributed by atoms with Gasteiger partial charge in [0, 0.05) is 23.6 Å². The van der Waals surface area contributed by atoms with Crippen LogP contribution in [-0.4, -0.2) is 12.0 Å². The molecule has 0 radical (unpaired) electrons. The summed E-state index contributed by atoms with van der Waals surface area (Å²) in [6.45, 7) is 1.54. The first-order valence-electron chi connectivity index (χ1n) is 8.25. The molecule has 0 saturated carbocycles. The molecule has 2 aromatic carbocycles. The Hall–Kier alpha value is -1.70. The first-order valence-corrected chi connectivity index (χ1v) is 9.38. The standard InChI is InChI=1S/C20H13Cl3F6O/c1-9(30)12-4-3-10(5-14(12)19(2,25)26)17(24)8-13(20(27,28)29)11-6-15(21)18(23)16(22)7-11/h3-8,13H,1-2H3/b17-8-. The van der Waals surface area contributed by atoms with Gasteiger partial charge in [-0.3, -0.25) is 4.79 Å². The Morgan fingerprint density at radius 1 is 1.00 bits per heavy atom. The maximum absolute atomic E-state index is 14.7. The molecule has 1 atom stereocenters. The summed E-state index contributed by atoms with van der Waals surface area (Å²) in [5.41, 5.74) is -2.18. The van der Waals surface area contributed by atoms with Crippen molar-refractivity contribution in [2.45, 2.75) is 31.9 Å². The molecule has 0 heterocycles. The Morgan fingerprint density at radius 2 is 1.53 bits per heavy atom. The molecule has 0 aliphatic carbocycles. The van der Waals surface area contributed by atoms with Gasteiger partial charge in [0.05, 0.1) is 15.1 Å². The molecule has 1 nitrogen and oxygen atoms in total. The van der Waals surface area contributed by atoms with Crippen molar-refractivity contribution in [3.05, 3.63) is 73.7 Å². The molecule has 30 heavy (non-hydrogen) atoms. The molecule has 0 bridgehead atoms. The lowest BCUT2D eigenvalue weighted by Crippen LogP contribution is -2.19. The third-order valence-corrected chi connectivity index (χ3v) is 5.38. The van der Waals surface area contributed by atoms with Crippen molar-refractivity contribution >= 4 is 46.4 Å². The third-order valence-electron chi connectivity index (χ3n) is 4.18. The van der Waals surface area contributed by atoms with Crippen LogP contribution in [0.4, 0.5) is 26.3 Å². The molecule has 2 aromatic rings. The zero-order valence-electron chi connectivity index (χ0n) is 15.4. The van der Waals surface area contributed by atoms with E-state index in [1.54, 1.807) is 0 Å². The number of halogens is 9. The Labute approximate surface area is 183 Å². The van der Waals surface area contributed by atoms with Crippen molar-refractivity contribution < 1.29 is 31.1 Å². The van der Waals surface area contributed by atoms with Gasteiger partial charge < -0.3 is 0 Å². The van der Waals surface area contributed by atoms with Crippen molar-refractivity contribution in [2.24, 2.45) is 0 Å². The van der Waals surface area contributed by atoms with Crippen LogP contribution in [0.5, 0.6) is 0 Å². The molecule has 0 aliphatic heterocycles. The number of carbonyl (C=O) groups excluding carboxylic acids is 1. The summed E-state index contributed by atoms with van der Waals surface area (Å²) in [5, 5.41) is -0.691. The average Bonchev–Trinajstić information content (AvgIpc) is 2.61. The topological polar surface area (TPSA) is 17.1 Å². The summed E-state index contributed by atoms with van der Waals surface area (Å²) in [6.07, 6.45) is -4.73. The van der Waals surface area contributed by atoms with Crippen LogP contribution in [0.2, 0.25) is 15.1 Å². The molecule has 162 valence electrons. The van der Waals surface area contributed by atoms with Gasteiger partial charge in [-0.25, -0.2) is 13.2 Å². The van der Waals surface area contributed by atoms with Gasteiger partial charge in [-0.05, 0) is 36.8 Å². The number of hydrogen-bond donors (Lipinski definition) is 0. The molecule has 0 saturated heterocycles. The van der Waals surface area contributed by atoms with Crippen molar-refractivity contribution in [3.63, 3.8) is 0 Å². The maximum Gasteiger partial charge on any atom is 0.399 e. The van der Waals surface area contributed by atoms with Crippen LogP contribution in [0.1, 0.15) is 46.8 Å². The first-order chi connectivity index (χ1) is 13.6. The number of allylic oxidation sites excluding steroid dienone is 1. The highest BCUT2D eigenvalue weighted by molar-refractivity contribution is 6.48. The lowest BCUT2D eigenvalue weighted by molar-refractivity contribution is -0.139. The van der Waals surface area contributed by atoms with Crippen molar-refractivity contribution in [2.75, 3.05) is 0 Å². The SMILES string of the molecule is CC(=O)c1ccc(/C(F)=C/C(c2cc(Cl)c(Cl)c(Cl)c2)C(F)(F)F)cc1C(C)(F)F. The van der Waals surface area contributed by atoms with Crippen molar-refractivity contribution in [1.82, 2.24) is 0 Å². The number of carbonyl (C=O) groups is 1. The summed E-state index contributed by atoms with van der Waals surface area (Å²) in [4.78, 5) is 11.6. The molecule has 0 aliphatic rings. The molecule has 0 N–H and O–H groups in total. The van der Waals surface area contributed by atoms with Crippen molar-refractivity contribution in [3.8, 4) is 0 Å². The van der Waals surface area contributed by atoms with Gasteiger partial charge in [0.15, 0.2) is 5.78 Å². The average molecular weight is 490 g/mol. The minimum atomic E-state index is -4.95. The molecular weight excluding hydrogens is 477 g/mol. The summed E-state index contributed by atoms with van der Waals surface area (Å²) in [7, 11) is 0. The van der Waals surface area contributed by atoms with Crippen LogP contribution in [0.3, 0.4) is 0 Å². The molecule has 10 heteroatoms. The van der Waals surface area contributed by atoms with E-state index in [0.29, 0.717) is 13.0 Å². The highest BCUT2D eigenvalue weighted by Crippen LogP contribution is 2.42. The quantitative estimate of drug-likeness (QED) is 0.233. The second-order valence-electron chi connectivity index (χ2n) is 6.54. The predicted molar refractivity (Wildman–Crippen MR) is 105 cm³/mol. The number of alkyl halides is 5. The molecule has 2 rings (SSSR count). The smallest absolute Gasteiger partial charge is 0.294 e. The number of rotatable bonds is 5. The highest BCUT2D eigenvalue weighted by Gasteiger charge is 2.40. The first kappa shape index (κ1) is 24.6. The zero-order valence-corrected chi connectivity index (χ0v) is 17.6. The fourth-order valence-electron chi connectivity index (χ4n) is 2.74. The summed E-state index contributed by atoms with van der Waals surface area (Å²) in [5.74, 6) is -8.11. The summed E-state index contributed by atoms with van der Waals surface area (Å²) < 4.78 is 83.2. The van der Waals surface area contributed by atoms with Gasteiger partial charge in [-0.15, -0.1) is 0 Å². The van der Waals surface area contributed by atoms with E-state index in [4.69, 9.17) is 34.8 Å². The van der Waals surface area contributed by atoms with Crippen LogP contribution >= 0.6 is 34.8 Å². The molecule has 0 aromatic heterocycles. The van der Waals surface area contributed by atoms with Gasteiger partial charge in [0.1, 0.15) is 11.7 Å². The Balaban J connectivity index is 2.62. The van der Waals surface area contributed by atoms with E-state index in [2.05, 4.69) is 0 Å². The van der Waals surface area contributed by atoms with Gasteiger partial charge in [-0.1, -0.05) is 46.9 Å². The largest absolute Gasteiger partial charge is 0.399 e. The molecule has 0 amide bonds. The van der Waals surface area contributed by atoms with Crippen LogP contribution in [0.25, 0.3) is 5.83 Å². The lowest BCUT2D eigenvalue weighted by Gasteiger charge is -2.19. The second-order valence-corrected chi connectivity index (χ2v) is 7.73. The van der Waals surface area contributed by atoms with Gasteiger partial charge in [0.2, 0.25) is 0 Å². The minimum Gasteiger partial charge on any atom is -0.294 e. The highest BCUT2D eigenvalue weighted by atomic mass is 35.5. The molecule has 0 fully saturated rings. The Morgan fingerprint density at radius 3 is 1.97 bits per heavy atom. The fourth-order valence-corrected chi connectivity index (χ4v) is 3.35. The van der Waals surface area contributed by atoms with Crippen LogP contribution in [0, 0.1) is 0 Å². The van der Waals surface area contributed by atoms with E-state index in [0.717, 1.165) is 31.2 Å². The summed E-state index contributed by atoms with van der Waals surface area (Å²) >= 11 is 17.3. The Bertz CT molecular complexity index is 986. The van der Waals surface area contributed by atoms with Gasteiger partial charge in [0.25, 0.3) is 5.92 Å². The summed E-state index contributed by atoms with van der Waals surface area (Å²) in [6, 6.07) is 4.33. The Kier molecular flexibility index (Phi) is 7.21. The predicted octanol–water partition coefficient (Wildman–Crippen LogP) is 8.62. The van der Waals surface area contributed by atoms with E-state index in [1.807, 2.05) is 0 Å². The zero-order chi connectivity index (χ0) is 23.0. The lowest BCUT2D eigenvalue weighted by atomic mass is 9.94. The maximum atomic E-state index is 14.7. The monoisotopic (exact) mass is 488 g/mol.